The maximum absolute atomic E-state index is 13.8. The van der Waals surface area contributed by atoms with Gasteiger partial charge < -0.3 is 14.2 Å². The zero-order chi connectivity index (χ0) is 20.6. The molecule has 176 valence electrons. The van der Waals surface area contributed by atoms with Gasteiger partial charge in [-0.3, -0.25) is 4.79 Å². The van der Waals surface area contributed by atoms with Crippen LogP contribution in [0.4, 0.5) is 17.6 Å². The average molecular weight is 441 g/mol. The lowest BCUT2D eigenvalue weighted by atomic mass is 9.51. The van der Waals surface area contributed by atoms with Crippen molar-refractivity contribution in [3.63, 3.8) is 0 Å². The van der Waals surface area contributed by atoms with Gasteiger partial charge in [-0.05, 0) is 58.3 Å². The Hall–Kier alpha value is -0.890. The van der Waals surface area contributed by atoms with E-state index < -0.39 is 41.9 Å². The molecule has 1 heterocycles. The van der Waals surface area contributed by atoms with E-state index in [-0.39, 0.29) is 38.6 Å². The third-order valence-corrected chi connectivity index (χ3v) is 7.51. The van der Waals surface area contributed by atoms with Gasteiger partial charge in [-0.15, -0.1) is 0 Å². The summed E-state index contributed by atoms with van der Waals surface area (Å²) < 4.78 is 72.3. The molecule has 5 rings (SSSR count). The van der Waals surface area contributed by atoms with E-state index in [1.54, 1.807) is 0 Å². The van der Waals surface area contributed by atoms with Crippen molar-refractivity contribution in [2.24, 2.45) is 23.2 Å². The number of alkyl halides is 4. The first-order chi connectivity index (χ1) is 12.8. The van der Waals surface area contributed by atoms with Gasteiger partial charge in [0.05, 0.1) is 5.41 Å². The van der Waals surface area contributed by atoms with E-state index in [1.165, 1.54) is 0 Å². The van der Waals surface area contributed by atoms with E-state index in [1.807, 2.05) is 20.8 Å². The summed E-state index contributed by atoms with van der Waals surface area (Å²) in [6.07, 6.45) is 3.49. The minimum absolute atomic E-state index is 0. The van der Waals surface area contributed by atoms with Gasteiger partial charge in [0.15, 0.2) is 5.79 Å². The molecule has 0 aromatic carbocycles. The van der Waals surface area contributed by atoms with Crippen molar-refractivity contribution in [1.82, 2.24) is 0 Å². The van der Waals surface area contributed by atoms with Crippen LogP contribution in [0.1, 0.15) is 74.1 Å². The predicted molar refractivity (Wildman–Crippen MR) is 104 cm³/mol. The standard InChI is InChI=1S/C20H28F4O4.2CH4/c1-4-16(2,3)15(25)28-17-7-12-5-13(8-17)20(14(6-12)9-17)26-10-18(21,22)19(23,24)11-27-20;;/h12-14H,4-11H2,1-3H3;2*1H4. The molecule has 4 nitrogen and oxygen atoms in total. The molecule has 0 amide bonds. The number of esters is 1. The van der Waals surface area contributed by atoms with Gasteiger partial charge in [-0.1, -0.05) is 21.8 Å². The van der Waals surface area contributed by atoms with E-state index in [0.29, 0.717) is 32.1 Å². The second-order valence-corrected chi connectivity index (χ2v) is 9.86. The van der Waals surface area contributed by atoms with Crippen LogP contribution in [-0.2, 0) is 19.0 Å². The van der Waals surface area contributed by atoms with Crippen LogP contribution in [0.15, 0.2) is 0 Å². The SMILES string of the molecule is C.C.CCC(C)(C)C(=O)OC12CC3CC(C1)C1(OCC(F)(F)C(F)(F)CO1)C(C3)C2. The third-order valence-electron chi connectivity index (χ3n) is 7.51. The van der Waals surface area contributed by atoms with Crippen molar-refractivity contribution >= 4 is 5.97 Å². The van der Waals surface area contributed by atoms with E-state index in [0.717, 1.165) is 6.42 Å². The van der Waals surface area contributed by atoms with E-state index in [2.05, 4.69) is 0 Å². The molecular formula is C22H36F4O4. The summed E-state index contributed by atoms with van der Waals surface area (Å²) in [5, 5.41) is 0. The van der Waals surface area contributed by atoms with Gasteiger partial charge >= 0.3 is 17.8 Å². The molecule has 2 unspecified atom stereocenters. The smallest absolute Gasteiger partial charge is 0.335 e. The van der Waals surface area contributed by atoms with Crippen LogP contribution in [0, 0.1) is 23.2 Å². The molecule has 4 bridgehead atoms. The summed E-state index contributed by atoms with van der Waals surface area (Å²) in [6, 6.07) is 0. The Labute approximate surface area is 177 Å². The zero-order valence-electron chi connectivity index (χ0n) is 16.5. The zero-order valence-corrected chi connectivity index (χ0v) is 16.5. The molecule has 30 heavy (non-hydrogen) atoms. The molecule has 8 heteroatoms. The second-order valence-electron chi connectivity index (χ2n) is 9.86. The van der Waals surface area contributed by atoms with Crippen molar-refractivity contribution < 1.29 is 36.6 Å². The van der Waals surface area contributed by atoms with Gasteiger partial charge in [-0.2, -0.15) is 17.6 Å². The largest absolute Gasteiger partial charge is 0.459 e. The number of hydrogen-bond acceptors (Lipinski definition) is 4. The highest BCUT2D eigenvalue weighted by atomic mass is 19.3. The lowest BCUT2D eigenvalue weighted by Crippen LogP contribution is -2.66. The van der Waals surface area contributed by atoms with Gasteiger partial charge in [0.2, 0.25) is 0 Å². The second kappa shape index (κ2) is 7.61. The fraction of sp³-hybridized carbons (Fsp3) is 0.955. The van der Waals surface area contributed by atoms with Crippen LogP contribution in [0.2, 0.25) is 0 Å². The van der Waals surface area contributed by atoms with Crippen LogP contribution >= 0.6 is 0 Å². The van der Waals surface area contributed by atoms with Crippen molar-refractivity contribution in [3.8, 4) is 0 Å². The monoisotopic (exact) mass is 440 g/mol. The van der Waals surface area contributed by atoms with Gasteiger partial charge in [0.25, 0.3) is 0 Å². The molecule has 1 spiro atoms. The quantitative estimate of drug-likeness (QED) is 0.409. The van der Waals surface area contributed by atoms with E-state index >= 15 is 0 Å². The Morgan fingerprint density at radius 1 is 0.967 bits per heavy atom. The van der Waals surface area contributed by atoms with Crippen molar-refractivity contribution in [2.45, 2.75) is 97.4 Å². The van der Waals surface area contributed by atoms with E-state index in [9.17, 15) is 22.4 Å². The fourth-order valence-corrected chi connectivity index (χ4v) is 5.59. The highest BCUT2D eigenvalue weighted by Gasteiger charge is 2.69. The first-order valence-electron chi connectivity index (χ1n) is 10.1. The van der Waals surface area contributed by atoms with Crippen molar-refractivity contribution in [1.29, 1.82) is 0 Å². The molecule has 4 saturated carbocycles. The molecular weight excluding hydrogens is 404 g/mol. The number of ether oxygens (including phenoxy) is 3. The number of halogens is 4. The highest BCUT2D eigenvalue weighted by molar-refractivity contribution is 5.76. The third kappa shape index (κ3) is 3.65. The van der Waals surface area contributed by atoms with Crippen molar-refractivity contribution in [3.05, 3.63) is 0 Å². The molecule has 1 aliphatic heterocycles. The number of hydrogen-bond donors (Lipinski definition) is 0. The van der Waals surface area contributed by atoms with Crippen LogP contribution < -0.4 is 0 Å². The first kappa shape index (κ1) is 25.4. The predicted octanol–water partition coefficient (Wildman–Crippen LogP) is 5.83. The molecule has 1 saturated heterocycles. The minimum atomic E-state index is -4.26. The summed E-state index contributed by atoms with van der Waals surface area (Å²) in [7, 11) is 0. The fourth-order valence-electron chi connectivity index (χ4n) is 5.59. The summed E-state index contributed by atoms with van der Waals surface area (Å²) in [5.41, 5.74) is -1.28. The Bertz CT molecular complexity index is 628. The van der Waals surface area contributed by atoms with Crippen LogP contribution in [0.5, 0.6) is 0 Å². The van der Waals surface area contributed by atoms with Gasteiger partial charge in [0.1, 0.15) is 18.8 Å². The van der Waals surface area contributed by atoms with Crippen LogP contribution in [0.3, 0.4) is 0 Å². The molecule has 5 aliphatic rings. The molecule has 0 aromatic rings. The van der Waals surface area contributed by atoms with E-state index in [4.69, 9.17) is 14.2 Å². The molecule has 0 radical (unpaired) electrons. The Morgan fingerprint density at radius 2 is 1.43 bits per heavy atom. The molecule has 0 aromatic heterocycles. The summed E-state index contributed by atoms with van der Waals surface area (Å²) in [4.78, 5) is 12.7. The number of carbonyl (C=O) groups excluding carboxylic acids is 1. The van der Waals surface area contributed by atoms with Crippen molar-refractivity contribution in [2.75, 3.05) is 13.2 Å². The minimum Gasteiger partial charge on any atom is -0.459 e. The average Bonchev–Trinajstić information content (AvgIpc) is 2.68. The van der Waals surface area contributed by atoms with Gasteiger partial charge in [-0.25, -0.2) is 0 Å². The lowest BCUT2D eigenvalue weighted by Gasteiger charge is -2.63. The highest BCUT2D eigenvalue weighted by Crippen LogP contribution is 2.64. The van der Waals surface area contributed by atoms with Gasteiger partial charge in [0, 0.05) is 11.8 Å². The molecule has 2 atom stereocenters. The first-order valence-corrected chi connectivity index (χ1v) is 10.1. The molecule has 5 fully saturated rings. The lowest BCUT2D eigenvalue weighted by molar-refractivity contribution is -0.355. The normalized spacial score (nSPS) is 37.6. The maximum Gasteiger partial charge on any atom is 0.335 e. The summed E-state index contributed by atoms with van der Waals surface area (Å²) in [5.74, 6) is -10.6. The topological polar surface area (TPSA) is 44.8 Å². The summed E-state index contributed by atoms with van der Waals surface area (Å²) in [6.45, 7) is 2.88. The van der Waals surface area contributed by atoms with Crippen LogP contribution in [0.25, 0.3) is 0 Å². The maximum atomic E-state index is 13.8. The van der Waals surface area contributed by atoms with Crippen LogP contribution in [-0.4, -0.2) is 42.4 Å². The summed E-state index contributed by atoms with van der Waals surface area (Å²) >= 11 is 0. The molecule has 0 N–H and O–H groups in total. The number of rotatable bonds is 3. The Morgan fingerprint density at radius 3 is 1.87 bits per heavy atom. The molecule has 4 aliphatic carbocycles. The number of carbonyl (C=O) groups is 1. The Kier molecular flexibility index (Phi) is 6.43. The Balaban J connectivity index is 0.00000160.